The summed E-state index contributed by atoms with van der Waals surface area (Å²) in [4.78, 5) is 15.1. The van der Waals surface area contributed by atoms with Gasteiger partial charge in [0.2, 0.25) is 0 Å². The number of anilines is 1. The number of nitrogens with zero attached hydrogens (tertiary/aromatic N) is 4. The van der Waals surface area contributed by atoms with Crippen molar-refractivity contribution in [3.63, 3.8) is 0 Å². The topological polar surface area (TPSA) is 63.1 Å². The van der Waals surface area contributed by atoms with Crippen molar-refractivity contribution in [2.75, 3.05) is 24.5 Å². The van der Waals surface area contributed by atoms with Gasteiger partial charge in [0.15, 0.2) is 5.69 Å². The molecule has 2 aliphatic heterocycles. The van der Waals surface area contributed by atoms with Crippen molar-refractivity contribution in [2.45, 2.75) is 39.2 Å². The lowest BCUT2D eigenvalue weighted by atomic mass is 9.93. The van der Waals surface area contributed by atoms with E-state index in [2.05, 4.69) is 28.6 Å². The minimum Gasteiger partial charge on any atom is -0.317 e. The molecule has 0 spiro atoms. The Morgan fingerprint density at radius 2 is 2.00 bits per heavy atom. The zero-order chi connectivity index (χ0) is 17.4. The summed E-state index contributed by atoms with van der Waals surface area (Å²) < 4.78 is 1.95. The lowest BCUT2D eigenvalue weighted by Crippen LogP contribution is -2.39. The van der Waals surface area contributed by atoms with Gasteiger partial charge in [-0.1, -0.05) is 30.3 Å². The first kappa shape index (κ1) is 16.3. The van der Waals surface area contributed by atoms with Crippen LogP contribution >= 0.6 is 0 Å². The highest BCUT2D eigenvalue weighted by Crippen LogP contribution is 2.31. The molecule has 0 bridgehead atoms. The standard InChI is InChI=1S/C19H25N5O/c1-13-11-15-5-3-4-6-17(15)23(12-13)19(25)18-14(2)24(22-21-18)16-7-9-20-10-8-16/h3-6,13,16,20H,7-12H2,1-2H3/t13-/m0/s1. The van der Waals surface area contributed by atoms with Crippen LogP contribution < -0.4 is 10.2 Å². The van der Waals surface area contributed by atoms with E-state index in [-0.39, 0.29) is 5.91 Å². The molecule has 1 saturated heterocycles. The van der Waals surface area contributed by atoms with E-state index in [1.807, 2.05) is 34.7 Å². The number of rotatable bonds is 2. The van der Waals surface area contributed by atoms with Gasteiger partial charge in [0.1, 0.15) is 0 Å². The fraction of sp³-hybridized carbons (Fsp3) is 0.526. The van der Waals surface area contributed by atoms with Gasteiger partial charge in [-0.05, 0) is 56.8 Å². The number of hydrogen-bond donors (Lipinski definition) is 1. The van der Waals surface area contributed by atoms with Gasteiger partial charge in [-0.15, -0.1) is 5.10 Å². The molecule has 2 aromatic rings. The molecule has 1 aromatic heterocycles. The number of para-hydroxylation sites is 1. The summed E-state index contributed by atoms with van der Waals surface area (Å²) in [6, 6.07) is 8.52. The number of benzene rings is 1. The predicted molar refractivity (Wildman–Crippen MR) is 96.9 cm³/mol. The number of aromatic nitrogens is 3. The first-order chi connectivity index (χ1) is 12.1. The average molecular weight is 339 g/mol. The molecule has 6 nitrogen and oxygen atoms in total. The third-order valence-electron chi connectivity index (χ3n) is 5.37. The molecule has 4 rings (SSSR count). The summed E-state index contributed by atoms with van der Waals surface area (Å²) >= 11 is 0. The van der Waals surface area contributed by atoms with Gasteiger partial charge in [0.05, 0.1) is 11.7 Å². The Morgan fingerprint density at radius 3 is 2.80 bits per heavy atom. The highest BCUT2D eigenvalue weighted by molar-refractivity contribution is 6.06. The van der Waals surface area contributed by atoms with E-state index in [1.165, 1.54) is 5.56 Å². The normalized spacial score (nSPS) is 21.2. The van der Waals surface area contributed by atoms with E-state index in [1.54, 1.807) is 0 Å². The van der Waals surface area contributed by atoms with Gasteiger partial charge in [0, 0.05) is 12.2 Å². The van der Waals surface area contributed by atoms with Crippen molar-refractivity contribution in [1.29, 1.82) is 0 Å². The third-order valence-corrected chi connectivity index (χ3v) is 5.37. The highest BCUT2D eigenvalue weighted by Gasteiger charge is 2.31. The minimum atomic E-state index is -0.0308. The van der Waals surface area contributed by atoms with E-state index in [4.69, 9.17) is 0 Å². The van der Waals surface area contributed by atoms with Crippen LogP contribution in [0.25, 0.3) is 0 Å². The summed E-state index contributed by atoms with van der Waals surface area (Å²) in [5.41, 5.74) is 3.62. The zero-order valence-corrected chi connectivity index (χ0v) is 14.9. The average Bonchev–Trinajstić information content (AvgIpc) is 3.02. The molecule has 1 N–H and O–H groups in total. The van der Waals surface area contributed by atoms with Crippen LogP contribution in [0.2, 0.25) is 0 Å². The van der Waals surface area contributed by atoms with Crippen molar-refractivity contribution in [3.8, 4) is 0 Å². The van der Waals surface area contributed by atoms with Crippen molar-refractivity contribution in [2.24, 2.45) is 5.92 Å². The summed E-state index contributed by atoms with van der Waals surface area (Å²) in [6.07, 6.45) is 3.07. The Morgan fingerprint density at radius 1 is 1.24 bits per heavy atom. The maximum atomic E-state index is 13.2. The number of carbonyl (C=O) groups excluding carboxylic acids is 1. The third kappa shape index (κ3) is 2.95. The van der Waals surface area contributed by atoms with E-state index >= 15 is 0 Å². The molecule has 1 atom stereocenters. The van der Waals surface area contributed by atoms with E-state index in [0.29, 0.717) is 17.7 Å². The second kappa shape index (κ2) is 6.59. The molecule has 132 valence electrons. The van der Waals surface area contributed by atoms with Crippen LogP contribution in [0.3, 0.4) is 0 Å². The molecule has 2 aliphatic rings. The second-order valence-electron chi connectivity index (χ2n) is 7.30. The Bertz CT molecular complexity index is 778. The van der Waals surface area contributed by atoms with Crippen molar-refractivity contribution >= 4 is 11.6 Å². The largest absolute Gasteiger partial charge is 0.317 e. The fourth-order valence-electron chi connectivity index (χ4n) is 4.05. The molecule has 0 radical (unpaired) electrons. The summed E-state index contributed by atoms with van der Waals surface area (Å²) in [5, 5.41) is 12.0. The number of amides is 1. The minimum absolute atomic E-state index is 0.0308. The maximum Gasteiger partial charge on any atom is 0.280 e. The summed E-state index contributed by atoms with van der Waals surface area (Å²) in [5.74, 6) is 0.412. The molecule has 1 fully saturated rings. The van der Waals surface area contributed by atoms with Crippen LogP contribution in [0.1, 0.15) is 47.6 Å². The Labute approximate surface area is 148 Å². The monoisotopic (exact) mass is 339 g/mol. The molecule has 25 heavy (non-hydrogen) atoms. The van der Waals surface area contributed by atoms with Gasteiger partial charge in [-0.2, -0.15) is 0 Å². The zero-order valence-electron chi connectivity index (χ0n) is 14.9. The van der Waals surface area contributed by atoms with Crippen molar-refractivity contribution in [1.82, 2.24) is 20.3 Å². The van der Waals surface area contributed by atoms with Crippen LogP contribution in [0.5, 0.6) is 0 Å². The number of hydrogen-bond acceptors (Lipinski definition) is 4. The van der Waals surface area contributed by atoms with Crippen LogP contribution in [-0.4, -0.2) is 40.5 Å². The van der Waals surface area contributed by atoms with E-state index < -0.39 is 0 Å². The van der Waals surface area contributed by atoms with E-state index in [9.17, 15) is 4.79 Å². The molecule has 0 aliphatic carbocycles. The Balaban J connectivity index is 1.64. The molecule has 1 amide bonds. The summed E-state index contributed by atoms with van der Waals surface area (Å²) in [6.45, 7) is 6.87. The van der Waals surface area contributed by atoms with Crippen LogP contribution in [-0.2, 0) is 6.42 Å². The Hall–Kier alpha value is -2.21. The molecular weight excluding hydrogens is 314 g/mol. The quantitative estimate of drug-likeness (QED) is 0.912. The number of carbonyl (C=O) groups is 1. The molecule has 6 heteroatoms. The smallest absolute Gasteiger partial charge is 0.280 e. The molecule has 1 aromatic carbocycles. The van der Waals surface area contributed by atoms with Gasteiger partial charge in [0.25, 0.3) is 5.91 Å². The Kier molecular flexibility index (Phi) is 4.29. The first-order valence-corrected chi connectivity index (χ1v) is 9.17. The maximum absolute atomic E-state index is 13.2. The van der Waals surface area contributed by atoms with Gasteiger partial charge >= 0.3 is 0 Å². The summed E-state index contributed by atoms with van der Waals surface area (Å²) in [7, 11) is 0. The van der Waals surface area contributed by atoms with Crippen LogP contribution in [0.4, 0.5) is 5.69 Å². The van der Waals surface area contributed by atoms with E-state index in [0.717, 1.165) is 50.3 Å². The lowest BCUT2D eigenvalue weighted by molar-refractivity contribution is 0.0975. The number of fused-ring (bicyclic) bond motifs is 1. The van der Waals surface area contributed by atoms with Crippen molar-refractivity contribution < 1.29 is 4.79 Å². The van der Waals surface area contributed by atoms with Gasteiger partial charge < -0.3 is 10.2 Å². The first-order valence-electron chi connectivity index (χ1n) is 9.17. The molecular formula is C19H25N5O. The van der Waals surface area contributed by atoms with Crippen LogP contribution in [0.15, 0.2) is 24.3 Å². The van der Waals surface area contributed by atoms with Crippen molar-refractivity contribution in [3.05, 3.63) is 41.2 Å². The molecule has 3 heterocycles. The lowest BCUT2D eigenvalue weighted by Gasteiger charge is -2.32. The second-order valence-corrected chi connectivity index (χ2v) is 7.30. The number of nitrogens with one attached hydrogen (secondary N) is 1. The highest BCUT2D eigenvalue weighted by atomic mass is 16.2. The molecule has 0 saturated carbocycles. The van der Waals surface area contributed by atoms with Gasteiger partial charge in [-0.25, -0.2) is 4.68 Å². The fourth-order valence-corrected chi connectivity index (χ4v) is 4.05. The van der Waals surface area contributed by atoms with Gasteiger partial charge in [-0.3, -0.25) is 4.79 Å². The SMILES string of the molecule is Cc1c(C(=O)N2C[C@@H](C)Cc3ccccc32)nnn1C1CCNCC1. The van der Waals surface area contributed by atoms with Crippen LogP contribution in [0, 0.1) is 12.8 Å². The molecule has 0 unspecified atom stereocenters. The number of piperidine rings is 1. The predicted octanol–water partition coefficient (Wildman–Crippen LogP) is 2.35.